The van der Waals surface area contributed by atoms with Crippen molar-refractivity contribution in [2.75, 3.05) is 45.8 Å². The molecule has 2 amide bonds. The van der Waals surface area contributed by atoms with E-state index < -0.39 is 0 Å². The quantitative estimate of drug-likeness (QED) is 0.769. The Kier molecular flexibility index (Phi) is 7.36. The number of thiazole rings is 1. The maximum absolute atomic E-state index is 12.6. The standard InChI is InChI=1S/C23H33N5OS/c1-19-25-22(18-30-19)17-27-11-13-28(14-12-27)23(29)24-15-20-7-9-26(10-8-20)16-21-5-3-2-4-6-21/h2-6,18,20H,7-17H2,1H3,(H,24,29). The van der Waals surface area contributed by atoms with Crippen LogP contribution in [0, 0.1) is 12.8 Å². The summed E-state index contributed by atoms with van der Waals surface area (Å²) in [4.78, 5) is 24.0. The summed E-state index contributed by atoms with van der Waals surface area (Å²) in [5, 5.41) is 6.45. The van der Waals surface area contributed by atoms with E-state index in [1.165, 1.54) is 5.56 Å². The maximum Gasteiger partial charge on any atom is 0.317 e. The Morgan fingerprint density at radius 2 is 1.73 bits per heavy atom. The average Bonchev–Trinajstić information content (AvgIpc) is 3.19. The molecule has 2 aliphatic rings. The van der Waals surface area contributed by atoms with Crippen molar-refractivity contribution in [3.05, 3.63) is 52.0 Å². The largest absolute Gasteiger partial charge is 0.338 e. The summed E-state index contributed by atoms with van der Waals surface area (Å²) in [5.74, 6) is 0.593. The number of nitrogens with zero attached hydrogens (tertiary/aromatic N) is 4. The monoisotopic (exact) mass is 427 g/mol. The van der Waals surface area contributed by atoms with Crippen LogP contribution in [-0.2, 0) is 13.1 Å². The van der Waals surface area contributed by atoms with Crippen molar-refractivity contribution in [2.24, 2.45) is 5.92 Å². The van der Waals surface area contributed by atoms with Crippen LogP contribution in [0.3, 0.4) is 0 Å². The first-order chi connectivity index (χ1) is 14.7. The lowest BCUT2D eigenvalue weighted by molar-refractivity contribution is 0.131. The van der Waals surface area contributed by atoms with Gasteiger partial charge in [0.15, 0.2) is 0 Å². The van der Waals surface area contributed by atoms with E-state index in [0.29, 0.717) is 5.92 Å². The second kappa shape index (κ2) is 10.4. The summed E-state index contributed by atoms with van der Waals surface area (Å²) >= 11 is 1.70. The number of likely N-dealkylation sites (tertiary alicyclic amines) is 1. The number of benzene rings is 1. The van der Waals surface area contributed by atoms with Crippen molar-refractivity contribution in [3.63, 3.8) is 0 Å². The molecule has 2 saturated heterocycles. The molecule has 0 saturated carbocycles. The molecule has 2 aromatic rings. The van der Waals surface area contributed by atoms with Crippen molar-refractivity contribution in [3.8, 4) is 0 Å². The first-order valence-corrected chi connectivity index (χ1v) is 12.0. The predicted octanol–water partition coefficient (Wildman–Crippen LogP) is 3.19. The van der Waals surface area contributed by atoms with Crippen LogP contribution in [0.25, 0.3) is 0 Å². The van der Waals surface area contributed by atoms with Gasteiger partial charge in [-0.25, -0.2) is 9.78 Å². The zero-order valence-corrected chi connectivity index (χ0v) is 18.7. The number of nitrogens with one attached hydrogen (secondary N) is 1. The van der Waals surface area contributed by atoms with Gasteiger partial charge < -0.3 is 10.2 Å². The number of aromatic nitrogens is 1. The van der Waals surface area contributed by atoms with Gasteiger partial charge in [-0.15, -0.1) is 11.3 Å². The molecule has 1 aromatic carbocycles. The second-order valence-corrected chi connectivity index (χ2v) is 9.57. The minimum Gasteiger partial charge on any atom is -0.338 e. The van der Waals surface area contributed by atoms with Crippen LogP contribution in [0.4, 0.5) is 4.79 Å². The highest BCUT2D eigenvalue weighted by molar-refractivity contribution is 7.09. The van der Waals surface area contributed by atoms with E-state index in [0.717, 1.165) is 82.4 Å². The van der Waals surface area contributed by atoms with Gasteiger partial charge in [-0.1, -0.05) is 30.3 Å². The Morgan fingerprint density at radius 3 is 2.40 bits per heavy atom. The lowest BCUT2D eigenvalue weighted by atomic mass is 9.96. The molecule has 162 valence electrons. The number of urea groups is 1. The van der Waals surface area contributed by atoms with Crippen LogP contribution < -0.4 is 5.32 Å². The average molecular weight is 428 g/mol. The maximum atomic E-state index is 12.6. The molecule has 30 heavy (non-hydrogen) atoms. The number of carbonyl (C=O) groups is 1. The Bertz CT molecular complexity index is 795. The first kappa shape index (κ1) is 21.3. The molecule has 2 aliphatic heterocycles. The van der Waals surface area contributed by atoms with Gasteiger partial charge >= 0.3 is 6.03 Å². The summed E-state index contributed by atoms with van der Waals surface area (Å²) < 4.78 is 0. The van der Waals surface area contributed by atoms with Gasteiger partial charge in [0.05, 0.1) is 10.7 Å². The summed E-state index contributed by atoms with van der Waals surface area (Å²) in [7, 11) is 0. The van der Waals surface area contributed by atoms with Gasteiger partial charge in [0.1, 0.15) is 0 Å². The molecule has 0 atom stereocenters. The summed E-state index contributed by atoms with van der Waals surface area (Å²) in [5.41, 5.74) is 2.53. The molecule has 7 heteroatoms. The van der Waals surface area contributed by atoms with E-state index in [2.05, 4.69) is 55.8 Å². The number of piperidine rings is 1. The minimum absolute atomic E-state index is 0.103. The zero-order valence-electron chi connectivity index (χ0n) is 17.9. The predicted molar refractivity (Wildman–Crippen MR) is 122 cm³/mol. The van der Waals surface area contributed by atoms with Crippen LogP contribution in [0.2, 0.25) is 0 Å². The lowest BCUT2D eigenvalue weighted by Crippen LogP contribution is -2.52. The van der Waals surface area contributed by atoms with E-state index in [1.54, 1.807) is 11.3 Å². The van der Waals surface area contributed by atoms with E-state index in [4.69, 9.17) is 0 Å². The highest BCUT2D eigenvalue weighted by Gasteiger charge is 2.24. The van der Waals surface area contributed by atoms with Crippen LogP contribution in [0.5, 0.6) is 0 Å². The van der Waals surface area contributed by atoms with Crippen molar-refractivity contribution < 1.29 is 4.79 Å². The smallest absolute Gasteiger partial charge is 0.317 e. The number of hydrogen-bond donors (Lipinski definition) is 1. The van der Waals surface area contributed by atoms with E-state index in [1.807, 2.05) is 11.8 Å². The SMILES string of the molecule is Cc1nc(CN2CCN(C(=O)NCC3CCN(Cc4ccccc4)CC3)CC2)cs1. The summed E-state index contributed by atoms with van der Waals surface area (Å²) in [6.45, 7) is 10.4. The normalized spacial score (nSPS) is 19.2. The third-order valence-corrected chi connectivity index (χ3v) is 7.03. The van der Waals surface area contributed by atoms with Crippen LogP contribution >= 0.6 is 11.3 Å². The molecular formula is C23H33N5OS. The molecule has 6 nitrogen and oxygen atoms in total. The Hall–Kier alpha value is -1.96. The van der Waals surface area contributed by atoms with Crippen molar-refractivity contribution in [2.45, 2.75) is 32.9 Å². The summed E-state index contributed by atoms with van der Waals surface area (Å²) in [6, 6.07) is 10.8. The number of aryl methyl sites for hydroxylation is 1. The van der Waals surface area contributed by atoms with Crippen LogP contribution in [0.15, 0.2) is 35.7 Å². The lowest BCUT2D eigenvalue weighted by Gasteiger charge is -2.35. The third-order valence-electron chi connectivity index (χ3n) is 6.21. The van der Waals surface area contributed by atoms with Gasteiger partial charge in [0.25, 0.3) is 0 Å². The molecule has 2 fully saturated rings. The number of hydrogen-bond acceptors (Lipinski definition) is 5. The highest BCUT2D eigenvalue weighted by atomic mass is 32.1. The molecule has 4 rings (SSSR count). The fourth-order valence-corrected chi connectivity index (χ4v) is 4.96. The number of amides is 2. The molecule has 1 N–H and O–H groups in total. The van der Waals surface area contributed by atoms with Gasteiger partial charge in [0, 0.05) is 51.2 Å². The summed E-state index contributed by atoms with van der Waals surface area (Å²) in [6.07, 6.45) is 2.32. The second-order valence-electron chi connectivity index (χ2n) is 8.51. The first-order valence-electron chi connectivity index (χ1n) is 11.1. The topological polar surface area (TPSA) is 51.7 Å². The number of carbonyl (C=O) groups excluding carboxylic acids is 1. The highest BCUT2D eigenvalue weighted by Crippen LogP contribution is 2.19. The van der Waals surface area contributed by atoms with Crippen molar-refractivity contribution in [1.82, 2.24) is 25.0 Å². The van der Waals surface area contributed by atoms with Crippen LogP contribution in [0.1, 0.15) is 29.1 Å². The molecule has 0 bridgehead atoms. The minimum atomic E-state index is 0.103. The Balaban J connectivity index is 1.12. The van der Waals surface area contributed by atoms with Crippen molar-refractivity contribution >= 4 is 17.4 Å². The van der Waals surface area contributed by atoms with E-state index in [9.17, 15) is 4.79 Å². The van der Waals surface area contributed by atoms with Gasteiger partial charge in [-0.05, 0) is 44.3 Å². The Labute approximate surface area is 183 Å². The van der Waals surface area contributed by atoms with Gasteiger partial charge in [-0.3, -0.25) is 9.80 Å². The van der Waals surface area contributed by atoms with E-state index >= 15 is 0 Å². The fourth-order valence-electron chi connectivity index (χ4n) is 4.35. The molecule has 1 aromatic heterocycles. The number of rotatable bonds is 6. The van der Waals surface area contributed by atoms with Crippen molar-refractivity contribution in [1.29, 1.82) is 0 Å². The molecule has 0 spiro atoms. The van der Waals surface area contributed by atoms with Gasteiger partial charge in [0.2, 0.25) is 0 Å². The number of piperazine rings is 1. The van der Waals surface area contributed by atoms with E-state index in [-0.39, 0.29) is 6.03 Å². The Morgan fingerprint density at radius 1 is 1.03 bits per heavy atom. The molecule has 0 radical (unpaired) electrons. The van der Waals surface area contributed by atoms with Gasteiger partial charge in [-0.2, -0.15) is 0 Å². The van der Waals surface area contributed by atoms with Crippen LogP contribution in [-0.4, -0.2) is 71.5 Å². The molecule has 3 heterocycles. The fraction of sp³-hybridized carbons (Fsp3) is 0.565. The third kappa shape index (κ3) is 6.03. The molecule has 0 aliphatic carbocycles. The zero-order chi connectivity index (χ0) is 20.8. The molecular weight excluding hydrogens is 394 g/mol. The molecule has 0 unspecified atom stereocenters.